The largest absolute Gasteiger partial charge is 0.496 e. The second-order valence-electron chi connectivity index (χ2n) is 7.77. The lowest BCUT2D eigenvalue weighted by Gasteiger charge is -2.29. The van der Waals surface area contributed by atoms with Gasteiger partial charge in [0.2, 0.25) is 5.91 Å². The van der Waals surface area contributed by atoms with E-state index in [0.717, 1.165) is 5.56 Å². The van der Waals surface area contributed by atoms with E-state index in [1.807, 2.05) is 32.0 Å². The molecule has 0 saturated heterocycles. The third-order valence-electron chi connectivity index (χ3n) is 4.84. The van der Waals surface area contributed by atoms with Gasteiger partial charge in [-0.05, 0) is 24.5 Å². The molecule has 1 atom stereocenters. The molecular formula is C24H31ClN2O5. The van der Waals surface area contributed by atoms with Crippen molar-refractivity contribution in [3.63, 3.8) is 0 Å². The maximum Gasteiger partial charge on any atom is 0.261 e. The van der Waals surface area contributed by atoms with Crippen molar-refractivity contribution in [1.82, 2.24) is 10.2 Å². The van der Waals surface area contributed by atoms with Crippen LogP contribution in [0, 0.1) is 5.92 Å². The first-order chi connectivity index (χ1) is 15.2. The zero-order valence-corrected chi connectivity index (χ0v) is 19.9. The molecule has 174 valence electrons. The molecule has 1 N–H and O–H groups in total. The Bertz CT molecular complexity index is 897. The van der Waals surface area contributed by atoms with Crippen LogP contribution in [0.3, 0.4) is 0 Å². The van der Waals surface area contributed by atoms with Gasteiger partial charge in [0, 0.05) is 36.3 Å². The van der Waals surface area contributed by atoms with Gasteiger partial charge in [-0.25, -0.2) is 0 Å². The van der Waals surface area contributed by atoms with Crippen molar-refractivity contribution in [3.8, 4) is 17.2 Å². The van der Waals surface area contributed by atoms with Crippen molar-refractivity contribution < 1.29 is 23.8 Å². The van der Waals surface area contributed by atoms with Gasteiger partial charge < -0.3 is 24.4 Å². The Kier molecular flexibility index (Phi) is 9.65. The SMILES string of the molecule is COc1cc(OC)cc(OCC(=O)N(Cc2ccccc2Cl)[C@@H](C)C(=O)NCC(C)C)c1. The maximum absolute atomic E-state index is 13.1. The number of carbonyl (C=O) groups excluding carboxylic acids is 2. The van der Waals surface area contributed by atoms with Gasteiger partial charge in [-0.15, -0.1) is 0 Å². The molecule has 2 rings (SSSR count). The standard InChI is InChI=1S/C24H31ClN2O5/c1-16(2)13-26-24(29)17(3)27(14-18-8-6-7-9-22(18)25)23(28)15-32-21-11-19(30-4)10-20(12-21)31-5/h6-12,16-17H,13-15H2,1-5H3,(H,26,29)/t17-/m0/s1. The van der Waals surface area contributed by atoms with E-state index in [4.69, 9.17) is 25.8 Å². The van der Waals surface area contributed by atoms with E-state index in [-0.39, 0.29) is 25.0 Å². The van der Waals surface area contributed by atoms with Crippen LogP contribution in [0.5, 0.6) is 17.2 Å². The fourth-order valence-electron chi connectivity index (χ4n) is 2.94. The van der Waals surface area contributed by atoms with Crippen molar-refractivity contribution in [2.75, 3.05) is 27.4 Å². The number of nitrogens with zero attached hydrogens (tertiary/aromatic N) is 1. The van der Waals surface area contributed by atoms with E-state index in [1.54, 1.807) is 31.2 Å². The Hall–Kier alpha value is -2.93. The summed E-state index contributed by atoms with van der Waals surface area (Å²) < 4.78 is 16.2. The van der Waals surface area contributed by atoms with E-state index in [9.17, 15) is 9.59 Å². The fraction of sp³-hybridized carbons (Fsp3) is 0.417. The van der Waals surface area contributed by atoms with E-state index in [2.05, 4.69) is 5.32 Å². The predicted molar refractivity (Wildman–Crippen MR) is 124 cm³/mol. The van der Waals surface area contributed by atoms with Gasteiger partial charge in [0.1, 0.15) is 23.3 Å². The molecule has 2 amide bonds. The van der Waals surface area contributed by atoms with Crippen molar-refractivity contribution in [1.29, 1.82) is 0 Å². The molecule has 0 saturated carbocycles. The second-order valence-corrected chi connectivity index (χ2v) is 8.17. The summed E-state index contributed by atoms with van der Waals surface area (Å²) in [5.41, 5.74) is 0.745. The smallest absolute Gasteiger partial charge is 0.261 e. The molecule has 0 spiro atoms. The summed E-state index contributed by atoms with van der Waals surface area (Å²) in [5.74, 6) is 1.22. The summed E-state index contributed by atoms with van der Waals surface area (Å²) in [7, 11) is 3.07. The minimum absolute atomic E-state index is 0.180. The molecule has 0 radical (unpaired) electrons. The summed E-state index contributed by atoms with van der Waals surface area (Å²) in [6.07, 6.45) is 0. The number of amides is 2. The quantitative estimate of drug-likeness (QED) is 0.547. The highest BCUT2D eigenvalue weighted by molar-refractivity contribution is 6.31. The number of hydrogen-bond donors (Lipinski definition) is 1. The summed E-state index contributed by atoms with van der Waals surface area (Å²) in [4.78, 5) is 27.3. The minimum atomic E-state index is -0.707. The Morgan fingerprint density at radius 2 is 1.59 bits per heavy atom. The van der Waals surface area contributed by atoms with Crippen LogP contribution in [0.4, 0.5) is 0 Å². The van der Waals surface area contributed by atoms with Crippen molar-refractivity contribution in [2.24, 2.45) is 5.92 Å². The highest BCUT2D eigenvalue weighted by Crippen LogP contribution is 2.27. The number of ether oxygens (including phenoxy) is 3. The van der Waals surface area contributed by atoms with Crippen LogP contribution in [0.25, 0.3) is 0 Å². The molecule has 8 heteroatoms. The minimum Gasteiger partial charge on any atom is -0.496 e. The van der Waals surface area contributed by atoms with Crippen LogP contribution in [0.2, 0.25) is 5.02 Å². The third-order valence-corrected chi connectivity index (χ3v) is 5.21. The van der Waals surface area contributed by atoms with Crippen LogP contribution in [0.15, 0.2) is 42.5 Å². The van der Waals surface area contributed by atoms with Crippen molar-refractivity contribution in [2.45, 2.75) is 33.4 Å². The van der Waals surface area contributed by atoms with E-state index in [1.165, 1.54) is 19.1 Å². The van der Waals surface area contributed by atoms with Crippen LogP contribution >= 0.6 is 11.6 Å². The van der Waals surface area contributed by atoms with E-state index >= 15 is 0 Å². The summed E-state index contributed by atoms with van der Waals surface area (Å²) in [5, 5.41) is 3.41. The number of nitrogens with one attached hydrogen (secondary N) is 1. The fourth-order valence-corrected chi connectivity index (χ4v) is 3.13. The second kappa shape index (κ2) is 12.2. The average Bonchev–Trinajstić information content (AvgIpc) is 2.79. The van der Waals surface area contributed by atoms with Gasteiger partial charge in [-0.1, -0.05) is 43.6 Å². The summed E-state index contributed by atoms with van der Waals surface area (Å²) in [6, 6.07) is 11.6. The van der Waals surface area contributed by atoms with Crippen LogP contribution in [-0.2, 0) is 16.1 Å². The van der Waals surface area contributed by atoms with Crippen molar-refractivity contribution >= 4 is 23.4 Å². The van der Waals surface area contributed by atoms with Crippen LogP contribution in [0.1, 0.15) is 26.3 Å². The number of benzene rings is 2. The van der Waals surface area contributed by atoms with Gasteiger partial charge in [0.15, 0.2) is 6.61 Å². The monoisotopic (exact) mass is 462 g/mol. The molecular weight excluding hydrogens is 432 g/mol. The lowest BCUT2D eigenvalue weighted by molar-refractivity contribution is -0.142. The molecule has 0 aliphatic carbocycles. The number of rotatable bonds is 11. The van der Waals surface area contributed by atoms with Gasteiger partial charge in [-0.3, -0.25) is 9.59 Å². The summed E-state index contributed by atoms with van der Waals surface area (Å²) in [6.45, 7) is 6.15. The van der Waals surface area contributed by atoms with E-state index < -0.39 is 6.04 Å². The lowest BCUT2D eigenvalue weighted by atomic mass is 10.1. The summed E-state index contributed by atoms with van der Waals surface area (Å²) >= 11 is 6.30. The van der Waals surface area contributed by atoms with E-state index in [0.29, 0.717) is 34.7 Å². The molecule has 2 aromatic rings. The molecule has 0 heterocycles. The molecule has 7 nitrogen and oxygen atoms in total. The molecule has 0 fully saturated rings. The predicted octanol–water partition coefficient (Wildman–Crippen LogP) is 3.93. The van der Waals surface area contributed by atoms with Crippen molar-refractivity contribution in [3.05, 3.63) is 53.1 Å². The first-order valence-electron chi connectivity index (χ1n) is 10.4. The zero-order chi connectivity index (χ0) is 23.7. The molecule has 0 aliphatic rings. The Morgan fingerprint density at radius 1 is 1.00 bits per heavy atom. The topological polar surface area (TPSA) is 77.1 Å². The number of carbonyl (C=O) groups is 2. The number of halogens is 1. The Balaban J connectivity index is 2.19. The zero-order valence-electron chi connectivity index (χ0n) is 19.2. The highest BCUT2D eigenvalue weighted by atomic mass is 35.5. The Morgan fingerprint density at radius 3 is 2.16 bits per heavy atom. The molecule has 0 aliphatic heterocycles. The van der Waals surface area contributed by atoms with Crippen LogP contribution in [-0.4, -0.2) is 50.1 Å². The Labute approximate surface area is 194 Å². The normalized spacial score (nSPS) is 11.6. The van der Waals surface area contributed by atoms with Gasteiger partial charge in [-0.2, -0.15) is 0 Å². The van der Waals surface area contributed by atoms with Crippen LogP contribution < -0.4 is 19.5 Å². The molecule has 0 aromatic heterocycles. The molecule has 0 bridgehead atoms. The number of hydrogen-bond acceptors (Lipinski definition) is 5. The molecule has 0 unspecified atom stereocenters. The molecule has 2 aromatic carbocycles. The van der Waals surface area contributed by atoms with Gasteiger partial charge >= 0.3 is 0 Å². The average molecular weight is 463 g/mol. The first-order valence-corrected chi connectivity index (χ1v) is 10.8. The van der Waals surface area contributed by atoms with Gasteiger partial charge in [0.25, 0.3) is 5.91 Å². The number of methoxy groups -OCH3 is 2. The molecule has 32 heavy (non-hydrogen) atoms. The highest BCUT2D eigenvalue weighted by Gasteiger charge is 2.27. The maximum atomic E-state index is 13.1. The van der Waals surface area contributed by atoms with Gasteiger partial charge in [0.05, 0.1) is 14.2 Å². The lowest BCUT2D eigenvalue weighted by Crippen LogP contribution is -2.49. The first kappa shape index (κ1) is 25.3. The third kappa shape index (κ3) is 7.34.